The standard InChI is InChI=1S/C27H39N3O8S/c1-2-3-4-5-6-7-14-38-20-10-8-9-19(16-20)23(31)13-15-39-18-22(26(35)29-17-25(33)34)30-24(32)12-11-21(28)27(36)37/h8-10,13,15-16,21-22H,2-7,11-12,14,17-18,28H2,1H3,(H,29,35)(H,30,32)(H,33,34)(H,36,37). The van der Waals surface area contributed by atoms with Crippen LogP contribution in [-0.2, 0) is 19.2 Å². The van der Waals surface area contributed by atoms with E-state index in [2.05, 4.69) is 17.6 Å². The number of amides is 2. The molecule has 2 atom stereocenters. The van der Waals surface area contributed by atoms with Gasteiger partial charge in [-0.25, -0.2) is 0 Å². The Morgan fingerprint density at radius 3 is 2.49 bits per heavy atom. The molecule has 1 aromatic rings. The van der Waals surface area contributed by atoms with Crippen molar-refractivity contribution in [3.63, 3.8) is 0 Å². The fourth-order valence-corrected chi connectivity index (χ4v) is 4.07. The third-order valence-corrected chi connectivity index (χ3v) is 6.38. The second kappa shape index (κ2) is 19.7. The fraction of sp³-hybridized carbons (Fsp3) is 0.519. The van der Waals surface area contributed by atoms with Gasteiger partial charge in [0.15, 0.2) is 5.78 Å². The number of carbonyl (C=O) groups is 5. The number of carboxylic acid groups (broad SMARTS) is 2. The molecule has 2 unspecified atom stereocenters. The summed E-state index contributed by atoms with van der Waals surface area (Å²) in [6.45, 7) is 2.12. The molecule has 0 saturated carbocycles. The quantitative estimate of drug-likeness (QED) is 0.0843. The zero-order chi connectivity index (χ0) is 29.0. The van der Waals surface area contributed by atoms with E-state index in [0.29, 0.717) is 17.9 Å². The largest absolute Gasteiger partial charge is 0.494 e. The average Bonchev–Trinajstić information content (AvgIpc) is 2.91. The molecule has 1 aromatic carbocycles. The van der Waals surface area contributed by atoms with Crippen molar-refractivity contribution in [1.82, 2.24) is 10.6 Å². The zero-order valence-corrected chi connectivity index (χ0v) is 23.0. The van der Waals surface area contributed by atoms with Gasteiger partial charge in [-0.05, 0) is 36.5 Å². The van der Waals surface area contributed by atoms with Gasteiger partial charge in [-0.15, -0.1) is 11.8 Å². The lowest BCUT2D eigenvalue weighted by Crippen LogP contribution is -2.49. The molecular weight excluding hydrogens is 526 g/mol. The van der Waals surface area contributed by atoms with E-state index in [-0.39, 0.29) is 24.4 Å². The Hall–Kier alpha value is -3.38. The van der Waals surface area contributed by atoms with Crippen LogP contribution in [0.4, 0.5) is 0 Å². The third-order valence-electron chi connectivity index (χ3n) is 5.53. The number of ether oxygens (including phenoxy) is 1. The van der Waals surface area contributed by atoms with E-state index < -0.39 is 42.4 Å². The number of carbonyl (C=O) groups excluding carboxylic acids is 3. The van der Waals surface area contributed by atoms with Crippen molar-refractivity contribution in [2.24, 2.45) is 5.73 Å². The van der Waals surface area contributed by atoms with Crippen LogP contribution in [0.2, 0.25) is 0 Å². The molecule has 11 nitrogen and oxygen atoms in total. The van der Waals surface area contributed by atoms with Gasteiger partial charge in [0.25, 0.3) is 0 Å². The Balaban J connectivity index is 2.61. The van der Waals surface area contributed by atoms with Crippen molar-refractivity contribution in [1.29, 1.82) is 0 Å². The molecule has 0 aromatic heterocycles. The summed E-state index contributed by atoms with van der Waals surface area (Å²) in [6, 6.07) is 4.52. The molecule has 6 N–H and O–H groups in total. The lowest BCUT2D eigenvalue weighted by molar-refractivity contribution is -0.139. The predicted molar refractivity (Wildman–Crippen MR) is 149 cm³/mol. The molecule has 2 amide bonds. The summed E-state index contributed by atoms with van der Waals surface area (Å²) in [4.78, 5) is 58.7. The van der Waals surface area contributed by atoms with Gasteiger partial charge >= 0.3 is 11.9 Å². The molecule has 0 spiro atoms. The Bertz CT molecular complexity index is 986. The molecule has 0 radical (unpaired) electrons. The molecule has 12 heteroatoms. The number of carboxylic acids is 2. The molecule has 39 heavy (non-hydrogen) atoms. The lowest BCUT2D eigenvalue weighted by Gasteiger charge is -2.17. The second-order valence-electron chi connectivity index (χ2n) is 8.86. The molecule has 216 valence electrons. The highest BCUT2D eigenvalue weighted by Crippen LogP contribution is 2.16. The molecule has 0 heterocycles. The van der Waals surface area contributed by atoms with Crippen LogP contribution < -0.4 is 21.1 Å². The van der Waals surface area contributed by atoms with Crippen LogP contribution >= 0.6 is 11.8 Å². The summed E-state index contributed by atoms with van der Waals surface area (Å²) in [5.41, 5.74) is 5.83. The second-order valence-corrected chi connectivity index (χ2v) is 9.80. The number of nitrogens with two attached hydrogens (primary N) is 1. The highest BCUT2D eigenvalue weighted by molar-refractivity contribution is 8.02. The topological polar surface area (TPSA) is 185 Å². The molecule has 0 bridgehead atoms. The van der Waals surface area contributed by atoms with E-state index >= 15 is 0 Å². The maximum Gasteiger partial charge on any atom is 0.322 e. The average molecular weight is 566 g/mol. The lowest BCUT2D eigenvalue weighted by atomic mass is 10.1. The highest BCUT2D eigenvalue weighted by Gasteiger charge is 2.22. The first-order chi connectivity index (χ1) is 18.6. The van der Waals surface area contributed by atoms with Crippen LogP contribution in [0.5, 0.6) is 5.75 Å². The number of hydrogen-bond acceptors (Lipinski definition) is 8. The number of unbranched alkanes of at least 4 members (excludes halogenated alkanes) is 5. The maximum absolute atomic E-state index is 12.6. The molecule has 0 aliphatic rings. The van der Waals surface area contributed by atoms with Gasteiger partial charge in [-0.1, -0.05) is 51.2 Å². The number of allylic oxidation sites excluding steroid dienone is 1. The fourth-order valence-electron chi connectivity index (χ4n) is 3.31. The first-order valence-corrected chi connectivity index (χ1v) is 14.0. The normalized spacial score (nSPS) is 12.5. The Morgan fingerprint density at radius 2 is 1.79 bits per heavy atom. The number of thioether (sulfide) groups is 1. The molecular formula is C27H39N3O8S. The van der Waals surface area contributed by atoms with Crippen molar-refractivity contribution in [3.05, 3.63) is 41.3 Å². The maximum atomic E-state index is 12.6. The first kappa shape index (κ1) is 33.6. The van der Waals surface area contributed by atoms with Gasteiger partial charge in [0.1, 0.15) is 24.4 Å². The van der Waals surface area contributed by atoms with E-state index in [0.717, 1.165) is 24.6 Å². The van der Waals surface area contributed by atoms with Crippen molar-refractivity contribution < 1.29 is 38.9 Å². The smallest absolute Gasteiger partial charge is 0.322 e. The minimum Gasteiger partial charge on any atom is -0.494 e. The van der Waals surface area contributed by atoms with Gasteiger partial charge in [-0.2, -0.15) is 0 Å². The van der Waals surface area contributed by atoms with Crippen LogP contribution in [-0.4, -0.2) is 70.7 Å². The van der Waals surface area contributed by atoms with Gasteiger partial charge in [0, 0.05) is 17.7 Å². The molecule has 0 saturated heterocycles. The number of aliphatic carboxylic acids is 2. The Morgan fingerprint density at radius 1 is 1.08 bits per heavy atom. The van der Waals surface area contributed by atoms with Gasteiger partial charge in [0.2, 0.25) is 11.8 Å². The Labute approximate surface area is 232 Å². The SMILES string of the molecule is CCCCCCCCOc1cccc(C(=O)C=CSCC(NC(=O)CCC(N)C(=O)O)C(=O)NCC(=O)O)c1. The van der Waals surface area contributed by atoms with Crippen LogP contribution in [0, 0.1) is 0 Å². The van der Waals surface area contributed by atoms with Crippen LogP contribution in [0.25, 0.3) is 0 Å². The van der Waals surface area contributed by atoms with E-state index in [9.17, 15) is 24.0 Å². The molecule has 1 rings (SSSR count). The number of benzene rings is 1. The van der Waals surface area contributed by atoms with Gasteiger partial charge in [-0.3, -0.25) is 24.0 Å². The summed E-state index contributed by atoms with van der Waals surface area (Å²) in [5, 5.41) is 23.8. The van der Waals surface area contributed by atoms with Crippen LogP contribution in [0.15, 0.2) is 35.7 Å². The Kier molecular flexibility index (Phi) is 17.0. The van der Waals surface area contributed by atoms with Crippen molar-refractivity contribution in [2.75, 3.05) is 18.9 Å². The van der Waals surface area contributed by atoms with Crippen LogP contribution in [0.3, 0.4) is 0 Å². The summed E-state index contributed by atoms with van der Waals surface area (Å²) in [6.07, 6.45) is 7.88. The van der Waals surface area contributed by atoms with E-state index in [1.165, 1.54) is 37.2 Å². The van der Waals surface area contributed by atoms with Crippen molar-refractivity contribution in [2.45, 2.75) is 70.4 Å². The number of ketones is 1. The predicted octanol–water partition coefficient (Wildman–Crippen LogP) is 2.73. The number of rotatable bonds is 21. The van der Waals surface area contributed by atoms with Crippen molar-refractivity contribution in [3.8, 4) is 5.75 Å². The highest BCUT2D eigenvalue weighted by atomic mass is 32.2. The third kappa shape index (κ3) is 15.6. The first-order valence-electron chi connectivity index (χ1n) is 13.0. The number of hydrogen-bond donors (Lipinski definition) is 5. The zero-order valence-electron chi connectivity index (χ0n) is 22.2. The van der Waals surface area contributed by atoms with E-state index in [4.69, 9.17) is 20.7 Å². The van der Waals surface area contributed by atoms with Crippen molar-refractivity contribution >= 4 is 41.3 Å². The summed E-state index contributed by atoms with van der Waals surface area (Å²) in [5.74, 6) is -3.50. The van der Waals surface area contributed by atoms with Gasteiger partial charge < -0.3 is 31.3 Å². The summed E-state index contributed by atoms with van der Waals surface area (Å²) in [7, 11) is 0. The number of nitrogens with one attached hydrogen (secondary N) is 2. The van der Waals surface area contributed by atoms with E-state index in [1.807, 2.05) is 0 Å². The molecule has 0 aliphatic heterocycles. The molecule has 0 fully saturated rings. The van der Waals surface area contributed by atoms with E-state index in [1.54, 1.807) is 24.3 Å². The van der Waals surface area contributed by atoms with Crippen LogP contribution in [0.1, 0.15) is 68.6 Å². The minimum atomic E-state index is -1.25. The van der Waals surface area contributed by atoms with Gasteiger partial charge in [0.05, 0.1) is 6.61 Å². The minimum absolute atomic E-state index is 0.00730. The summed E-state index contributed by atoms with van der Waals surface area (Å²) < 4.78 is 5.76. The molecule has 0 aliphatic carbocycles. The summed E-state index contributed by atoms with van der Waals surface area (Å²) >= 11 is 1.07. The monoisotopic (exact) mass is 565 g/mol.